The van der Waals surface area contributed by atoms with E-state index in [1.807, 2.05) is 18.2 Å². The van der Waals surface area contributed by atoms with E-state index in [1.165, 1.54) is 0 Å². The minimum absolute atomic E-state index is 0.329. The molecular formula is C18H18ClN3O4. The molecule has 8 heteroatoms. The number of hydrogen-bond acceptors (Lipinski definition) is 7. The van der Waals surface area contributed by atoms with Crippen LogP contribution in [0.2, 0.25) is 5.02 Å². The quantitative estimate of drug-likeness (QED) is 0.667. The number of nitrogens with zero attached hydrogens (tertiary/aromatic N) is 2. The lowest BCUT2D eigenvalue weighted by Gasteiger charge is -2.14. The molecule has 0 aliphatic heterocycles. The molecule has 0 bridgehead atoms. The number of anilines is 1. The molecule has 0 fully saturated rings. The molecule has 1 N–H and O–H groups in total. The molecule has 3 rings (SSSR count). The fourth-order valence-corrected chi connectivity index (χ4v) is 2.65. The van der Waals surface area contributed by atoms with E-state index in [9.17, 15) is 0 Å². The second kappa shape index (κ2) is 7.97. The molecule has 0 radical (unpaired) electrons. The summed E-state index contributed by atoms with van der Waals surface area (Å²) in [6.07, 6.45) is 0. The van der Waals surface area contributed by atoms with Crippen LogP contribution in [0.3, 0.4) is 0 Å². The van der Waals surface area contributed by atoms with E-state index in [0.29, 0.717) is 46.2 Å². The SMILES string of the molecule is COc1cc(NCc2nnc(-c3ccccc3Cl)o2)cc(OC)c1OC. The average molecular weight is 376 g/mol. The fraction of sp³-hybridized carbons (Fsp3) is 0.222. The number of hydrogen-bond donors (Lipinski definition) is 1. The first-order chi connectivity index (χ1) is 12.7. The molecular weight excluding hydrogens is 358 g/mol. The molecule has 0 spiro atoms. The summed E-state index contributed by atoms with van der Waals surface area (Å²) in [4.78, 5) is 0. The van der Waals surface area contributed by atoms with Gasteiger partial charge in [0.25, 0.3) is 0 Å². The summed E-state index contributed by atoms with van der Waals surface area (Å²) >= 11 is 6.15. The van der Waals surface area contributed by atoms with Crippen molar-refractivity contribution in [1.82, 2.24) is 10.2 Å². The first kappa shape index (κ1) is 17.9. The zero-order valence-corrected chi connectivity index (χ0v) is 15.3. The van der Waals surface area contributed by atoms with Gasteiger partial charge in [-0.3, -0.25) is 0 Å². The Labute approximate surface area is 155 Å². The highest BCUT2D eigenvalue weighted by Gasteiger charge is 2.15. The standard InChI is InChI=1S/C18H18ClN3O4/c1-23-14-8-11(9-15(24-2)17(14)25-3)20-10-16-21-22-18(26-16)12-6-4-5-7-13(12)19/h4-9,20H,10H2,1-3H3. The van der Waals surface area contributed by atoms with E-state index in [2.05, 4.69) is 15.5 Å². The van der Waals surface area contributed by atoms with Crippen LogP contribution < -0.4 is 19.5 Å². The Morgan fingerprint density at radius 1 is 1.00 bits per heavy atom. The van der Waals surface area contributed by atoms with E-state index in [0.717, 1.165) is 5.69 Å². The third kappa shape index (κ3) is 3.67. The molecule has 136 valence electrons. The van der Waals surface area contributed by atoms with Crippen LogP contribution in [0.1, 0.15) is 5.89 Å². The number of halogens is 1. The van der Waals surface area contributed by atoms with Crippen LogP contribution in [-0.2, 0) is 6.54 Å². The number of nitrogens with one attached hydrogen (secondary N) is 1. The number of ether oxygens (including phenoxy) is 3. The third-order valence-electron chi connectivity index (χ3n) is 3.68. The molecule has 0 unspecified atom stereocenters. The predicted molar refractivity (Wildman–Crippen MR) is 98.2 cm³/mol. The van der Waals surface area contributed by atoms with Crippen molar-refractivity contribution in [2.45, 2.75) is 6.54 Å². The third-order valence-corrected chi connectivity index (χ3v) is 4.01. The molecule has 26 heavy (non-hydrogen) atoms. The Morgan fingerprint density at radius 2 is 1.69 bits per heavy atom. The van der Waals surface area contributed by atoms with Crippen LogP contribution in [0.4, 0.5) is 5.69 Å². The Morgan fingerprint density at radius 3 is 2.31 bits per heavy atom. The monoisotopic (exact) mass is 375 g/mol. The van der Waals surface area contributed by atoms with E-state index < -0.39 is 0 Å². The van der Waals surface area contributed by atoms with Gasteiger partial charge in [0.2, 0.25) is 17.5 Å². The van der Waals surface area contributed by atoms with Crippen molar-refractivity contribution in [3.8, 4) is 28.7 Å². The molecule has 0 saturated carbocycles. The summed E-state index contributed by atoms with van der Waals surface area (Å²) in [6.45, 7) is 0.329. The molecule has 1 heterocycles. The summed E-state index contributed by atoms with van der Waals surface area (Å²) in [6, 6.07) is 10.9. The number of benzene rings is 2. The largest absolute Gasteiger partial charge is 0.493 e. The van der Waals surface area contributed by atoms with Gasteiger partial charge in [0.05, 0.1) is 38.5 Å². The van der Waals surface area contributed by atoms with Crippen LogP contribution in [0.5, 0.6) is 17.2 Å². The molecule has 3 aromatic rings. The van der Waals surface area contributed by atoms with Crippen LogP contribution in [0, 0.1) is 0 Å². The Hall–Kier alpha value is -2.93. The lowest BCUT2D eigenvalue weighted by atomic mass is 10.2. The van der Waals surface area contributed by atoms with Gasteiger partial charge in [0, 0.05) is 17.8 Å². The van der Waals surface area contributed by atoms with Crippen molar-refractivity contribution >= 4 is 17.3 Å². The molecule has 1 aromatic heterocycles. The summed E-state index contributed by atoms with van der Waals surface area (Å²) in [5, 5.41) is 11.8. The highest BCUT2D eigenvalue weighted by atomic mass is 35.5. The van der Waals surface area contributed by atoms with Gasteiger partial charge in [-0.2, -0.15) is 0 Å². The average Bonchev–Trinajstić information content (AvgIpc) is 3.14. The van der Waals surface area contributed by atoms with Gasteiger partial charge in [-0.15, -0.1) is 10.2 Å². The summed E-state index contributed by atoms with van der Waals surface area (Å²) < 4.78 is 21.7. The molecule has 2 aromatic carbocycles. The van der Waals surface area contributed by atoms with Crippen LogP contribution in [0.25, 0.3) is 11.5 Å². The lowest BCUT2D eigenvalue weighted by molar-refractivity contribution is 0.324. The van der Waals surface area contributed by atoms with E-state index in [-0.39, 0.29) is 0 Å². The Bertz CT molecular complexity index is 873. The number of methoxy groups -OCH3 is 3. The van der Waals surface area contributed by atoms with Gasteiger partial charge >= 0.3 is 0 Å². The maximum absolute atomic E-state index is 6.15. The molecule has 7 nitrogen and oxygen atoms in total. The minimum Gasteiger partial charge on any atom is -0.493 e. The second-order valence-electron chi connectivity index (χ2n) is 5.25. The van der Waals surface area contributed by atoms with Crippen molar-refractivity contribution < 1.29 is 18.6 Å². The molecule has 0 atom stereocenters. The predicted octanol–water partition coefficient (Wildman–Crippen LogP) is 4.03. The number of aromatic nitrogens is 2. The summed E-state index contributed by atoms with van der Waals surface area (Å²) in [7, 11) is 4.69. The zero-order valence-electron chi connectivity index (χ0n) is 14.6. The fourth-order valence-electron chi connectivity index (χ4n) is 2.43. The zero-order chi connectivity index (χ0) is 18.5. The van der Waals surface area contributed by atoms with Gasteiger partial charge < -0.3 is 23.9 Å². The van der Waals surface area contributed by atoms with Gasteiger partial charge in [0.1, 0.15) is 0 Å². The highest BCUT2D eigenvalue weighted by Crippen LogP contribution is 2.40. The van der Waals surface area contributed by atoms with Gasteiger partial charge in [-0.1, -0.05) is 23.7 Å². The van der Waals surface area contributed by atoms with Gasteiger partial charge in [-0.25, -0.2) is 0 Å². The van der Waals surface area contributed by atoms with Crippen LogP contribution in [-0.4, -0.2) is 31.5 Å². The maximum Gasteiger partial charge on any atom is 0.249 e. The summed E-state index contributed by atoms with van der Waals surface area (Å²) in [5.41, 5.74) is 1.46. The van der Waals surface area contributed by atoms with Crippen LogP contribution >= 0.6 is 11.6 Å². The van der Waals surface area contributed by atoms with Crippen molar-refractivity contribution in [2.24, 2.45) is 0 Å². The molecule has 0 aliphatic carbocycles. The Balaban J connectivity index is 1.77. The lowest BCUT2D eigenvalue weighted by Crippen LogP contribution is -2.02. The first-order valence-electron chi connectivity index (χ1n) is 7.77. The second-order valence-corrected chi connectivity index (χ2v) is 5.66. The topological polar surface area (TPSA) is 78.6 Å². The molecule has 0 saturated heterocycles. The molecule has 0 amide bonds. The summed E-state index contributed by atoms with van der Waals surface area (Å²) in [5.74, 6) is 2.43. The minimum atomic E-state index is 0.329. The Kier molecular flexibility index (Phi) is 5.48. The van der Waals surface area contributed by atoms with Crippen molar-refractivity contribution in [3.05, 3.63) is 47.3 Å². The first-order valence-corrected chi connectivity index (χ1v) is 8.15. The maximum atomic E-state index is 6.15. The molecule has 0 aliphatic rings. The van der Waals surface area contributed by atoms with E-state index in [1.54, 1.807) is 39.5 Å². The number of rotatable bonds is 7. The van der Waals surface area contributed by atoms with Gasteiger partial charge in [-0.05, 0) is 12.1 Å². The van der Waals surface area contributed by atoms with Crippen molar-refractivity contribution in [3.63, 3.8) is 0 Å². The van der Waals surface area contributed by atoms with E-state index >= 15 is 0 Å². The normalized spacial score (nSPS) is 10.5. The van der Waals surface area contributed by atoms with Crippen LogP contribution in [0.15, 0.2) is 40.8 Å². The highest BCUT2D eigenvalue weighted by molar-refractivity contribution is 6.33. The van der Waals surface area contributed by atoms with Crippen molar-refractivity contribution in [1.29, 1.82) is 0 Å². The smallest absolute Gasteiger partial charge is 0.249 e. The van der Waals surface area contributed by atoms with Gasteiger partial charge in [0.15, 0.2) is 11.5 Å². The van der Waals surface area contributed by atoms with E-state index in [4.69, 9.17) is 30.2 Å². The van der Waals surface area contributed by atoms with Crippen molar-refractivity contribution in [2.75, 3.05) is 26.6 Å².